The zero-order valence-corrected chi connectivity index (χ0v) is 10.6. The van der Waals surface area contributed by atoms with Crippen molar-refractivity contribution < 1.29 is 0 Å². The van der Waals surface area contributed by atoms with Gasteiger partial charge < -0.3 is 0 Å². The van der Waals surface area contributed by atoms with Crippen molar-refractivity contribution in [2.45, 2.75) is 32.7 Å². The molecule has 88 valence electrons. The Morgan fingerprint density at radius 1 is 1.53 bits per heavy atom. The third-order valence-electron chi connectivity index (χ3n) is 2.59. The van der Waals surface area contributed by atoms with E-state index in [4.69, 9.17) is 5.26 Å². The minimum Gasteiger partial charge on any atom is -0.248 e. The van der Waals surface area contributed by atoms with Crippen LogP contribution in [0.25, 0.3) is 0 Å². The van der Waals surface area contributed by atoms with Crippen molar-refractivity contribution in [2.75, 3.05) is 0 Å². The molecular formula is C12H14N4S. The molecule has 2 aromatic rings. The number of nitrogens with zero attached hydrogens (tertiary/aromatic N) is 4. The van der Waals surface area contributed by atoms with E-state index in [1.54, 1.807) is 11.3 Å². The quantitative estimate of drug-likeness (QED) is 0.814. The van der Waals surface area contributed by atoms with Crippen LogP contribution in [0, 0.1) is 11.3 Å². The summed E-state index contributed by atoms with van der Waals surface area (Å²) in [4.78, 5) is 1.24. The summed E-state index contributed by atoms with van der Waals surface area (Å²) >= 11 is 1.69. The lowest BCUT2D eigenvalue weighted by molar-refractivity contribution is 0.537. The van der Waals surface area contributed by atoms with Gasteiger partial charge in [-0.3, -0.25) is 0 Å². The van der Waals surface area contributed by atoms with Crippen LogP contribution in [-0.4, -0.2) is 15.0 Å². The molecule has 2 rings (SSSR count). The molecule has 0 spiro atoms. The predicted molar refractivity (Wildman–Crippen MR) is 66.8 cm³/mol. The van der Waals surface area contributed by atoms with Gasteiger partial charge in [0.1, 0.15) is 6.07 Å². The Bertz CT molecular complexity index is 507. The lowest BCUT2D eigenvalue weighted by Gasteiger charge is -2.04. The van der Waals surface area contributed by atoms with Crippen LogP contribution in [0.5, 0.6) is 0 Å². The Kier molecular flexibility index (Phi) is 3.89. The van der Waals surface area contributed by atoms with Gasteiger partial charge in [-0.1, -0.05) is 24.6 Å². The van der Waals surface area contributed by atoms with Crippen LogP contribution in [0.15, 0.2) is 17.5 Å². The highest BCUT2D eigenvalue weighted by Gasteiger charge is 2.13. The molecule has 0 aromatic carbocycles. The molecule has 0 aliphatic heterocycles. The first kappa shape index (κ1) is 11.8. The van der Waals surface area contributed by atoms with E-state index in [0.717, 1.165) is 31.5 Å². The zero-order chi connectivity index (χ0) is 12.1. The molecule has 0 radical (unpaired) electrons. The average molecular weight is 246 g/mol. The molecule has 0 bridgehead atoms. The normalized spacial score (nSPS) is 10.4. The lowest BCUT2D eigenvalue weighted by atomic mass is 10.2. The summed E-state index contributed by atoms with van der Waals surface area (Å²) in [6.45, 7) is 2.98. The summed E-state index contributed by atoms with van der Waals surface area (Å²) in [6.07, 6.45) is 2.92. The first-order valence-electron chi connectivity index (χ1n) is 5.70. The van der Waals surface area contributed by atoms with Crippen LogP contribution < -0.4 is 0 Å². The summed E-state index contributed by atoms with van der Waals surface area (Å²) in [5, 5.41) is 19.0. The van der Waals surface area contributed by atoms with Gasteiger partial charge >= 0.3 is 0 Å². The van der Waals surface area contributed by atoms with E-state index in [-0.39, 0.29) is 0 Å². The molecule has 2 aromatic heterocycles. The topological polar surface area (TPSA) is 54.5 Å². The highest BCUT2D eigenvalue weighted by Crippen LogP contribution is 2.16. The third kappa shape index (κ3) is 2.71. The SMILES string of the molecule is CCCCn1nnc(C#N)c1Cc1cccs1. The average Bonchev–Trinajstić information content (AvgIpc) is 2.97. The first-order chi connectivity index (χ1) is 8.35. The summed E-state index contributed by atoms with van der Waals surface area (Å²) in [6, 6.07) is 6.21. The van der Waals surface area contributed by atoms with Gasteiger partial charge in [-0.2, -0.15) is 5.26 Å². The minimum atomic E-state index is 0.453. The number of hydrogen-bond donors (Lipinski definition) is 0. The van der Waals surface area contributed by atoms with Crippen LogP contribution in [0.3, 0.4) is 0 Å². The van der Waals surface area contributed by atoms with E-state index in [0.29, 0.717) is 5.69 Å². The van der Waals surface area contributed by atoms with Crippen LogP contribution >= 0.6 is 11.3 Å². The van der Waals surface area contributed by atoms with E-state index in [1.807, 2.05) is 16.1 Å². The van der Waals surface area contributed by atoms with Gasteiger partial charge in [0.05, 0.1) is 5.69 Å². The molecule has 0 saturated carbocycles. The summed E-state index contributed by atoms with van der Waals surface area (Å²) in [5.41, 5.74) is 1.39. The van der Waals surface area contributed by atoms with Crippen molar-refractivity contribution in [2.24, 2.45) is 0 Å². The highest BCUT2D eigenvalue weighted by molar-refractivity contribution is 7.09. The third-order valence-corrected chi connectivity index (χ3v) is 3.47. The van der Waals surface area contributed by atoms with Crippen LogP contribution in [-0.2, 0) is 13.0 Å². The molecule has 5 heteroatoms. The zero-order valence-electron chi connectivity index (χ0n) is 9.76. The standard InChI is InChI=1S/C12H14N4S/c1-2-3-6-16-12(11(9-13)14-15-16)8-10-5-4-7-17-10/h4-5,7H,2-3,6,8H2,1H3. The van der Waals surface area contributed by atoms with Gasteiger partial charge in [0, 0.05) is 17.8 Å². The maximum atomic E-state index is 9.02. The molecule has 4 nitrogen and oxygen atoms in total. The van der Waals surface area contributed by atoms with Gasteiger partial charge in [-0.25, -0.2) is 4.68 Å². The van der Waals surface area contributed by atoms with Crippen molar-refractivity contribution >= 4 is 11.3 Å². The molecule has 0 N–H and O–H groups in total. The minimum absolute atomic E-state index is 0.453. The van der Waals surface area contributed by atoms with Crippen molar-refractivity contribution in [1.29, 1.82) is 5.26 Å². The fourth-order valence-electron chi connectivity index (χ4n) is 1.66. The van der Waals surface area contributed by atoms with E-state index in [2.05, 4.69) is 29.4 Å². The van der Waals surface area contributed by atoms with Crippen LogP contribution in [0.2, 0.25) is 0 Å². The number of aromatic nitrogens is 3. The monoisotopic (exact) mass is 246 g/mol. The Morgan fingerprint density at radius 3 is 3.06 bits per heavy atom. The molecule has 2 heterocycles. The number of aryl methyl sites for hydroxylation is 1. The van der Waals surface area contributed by atoms with E-state index in [9.17, 15) is 0 Å². The predicted octanol–water partition coefficient (Wildman–Crippen LogP) is 2.60. The van der Waals surface area contributed by atoms with Crippen molar-refractivity contribution in [3.8, 4) is 6.07 Å². The molecule has 0 fully saturated rings. The second-order valence-electron chi connectivity index (χ2n) is 3.83. The molecule has 0 atom stereocenters. The van der Waals surface area contributed by atoms with Crippen molar-refractivity contribution in [3.63, 3.8) is 0 Å². The van der Waals surface area contributed by atoms with E-state index in [1.165, 1.54) is 4.88 Å². The Labute approximate surface area is 105 Å². The maximum Gasteiger partial charge on any atom is 0.186 e. The van der Waals surface area contributed by atoms with Gasteiger partial charge in [0.15, 0.2) is 5.69 Å². The number of hydrogen-bond acceptors (Lipinski definition) is 4. The molecule has 0 aliphatic carbocycles. The molecular weight excluding hydrogens is 232 g/mol. The second-order valence-corrected chi connectivity index (χ2v) is 4.86. The molecule has 0 amide bonds. The summed E-state index contributed by atoms with van der Waals surface area (Å²) < 4.78 is 1.86. The number of unbranched alkanes of at least 4 members (excludes halogenated alkanes) is 1. The Balaban J connectivity index is 2.23. The lowest BCUT2D eigenvalue weighted by Crippen LogP contribution is -2.06. The molecule has 17 heavy (non-hydrogen) atoms. The fourth-order valence-corrected chi connectivity index (χ4v) is 2.37. The van der Waals surface area contributed by atoms with Crippen molar-refractivity contribution in [3.05, 3.63) is 33.8 Å². The van der Waals surface area contributed by atoms with Crippen LogP contribution in [0.1, 0.15) is 36.0 Å². The van der Waals surface area contributed by atoms with E-state index >= 15 is 0 Å². The van der Waals surface area contributed by atoms with Gasteiger partial charge in [-0.15, -0.1) is 16.4 Å². The van der Waals surface area contributed by atoms with Gasteiger partial charge in [-0.05, 0) is 17.9 Å². The van der Waals surface area contributed by atoms with Crippen LogP contribution in [0.4, 0.5) is 0 Å². The number of nitriles is 1. The summed E-state index contributed by atoms with van der Waals surface area (Å²) in [5.74, 6) is 0. The summed E-state index contributed by atoms with van der Waals surface area (Å²) in [7, 11) is 0. The second kappa shape index (κ2) is 5.60. The van der Waals surface area contributed by atoms with E-state index < -0.39 is 0 Å². The largest absolute Gasteiger partial charge is 0.248 e. The molecule has 0 saturated heterocycles. The highest BCUT2D eigenvalue weighted by atomic mass is 32.1. The Hall–Kier alpha value is -1.67. The van der Waals surface area contributed by atoms with Gasteiger partial charge in [0.2, 0.25) is 0 Å². The fraction of sp³-hybridized carbons (Fsp3) is 0.417. The molecule has 0 aliphatic rings. The first-order valence-corrected chi connectivity index (χ1v) is 6.58. The van der Waals surface area contributed by atoms with Gasteiger partial charge in [0.25, 0.3) is 0 Å². The Morgan fingerprint density at radius 2 is 2.41 bits per heavy atom. The van der Waals surface area contributed by atoms with Crippen molar-refractivity contribution in [1.82, 2.24) is 15.0 Å². The maximum absolute atomic E-state index is 9.02. The molecule has 0 unspecified atom stereocenters. The smallest absolute Gasteiger partial charge is 0.186 e. The number of thiophene rings is 1. The number of rotatable bonds is 5.